The van der Waals surface area contributed by atoms with E-state index in [2.05, 4.69) is 15.7 Å². The van der Waals surface area contributed by atoms with Gasteiger partial charge in [0.25, 0.3) is 0 Å². The number of anilines is 1. The molecule has 1 aliphatic rings. The van der Waals surface area contributed by atoms with E-state index in [-0.39, 0.29) is 18.1 Å². The SMILES string of the molecule is COCCN1CC(NC(=O)Nc2c(C)c(OCC(O)CO)nn2-c2ccccc2)C(c2cc(F)c(F)c(F)c2)C1. The zero-order valence-electron chi connectivity index (χ0n) is 22.1. The van der Waals surface area contributed by atoms with Gasteiger partial charge in [0.05, 0.1) is 30.5 Å². The molecule has 2 heterocycles. The van der Waals surface area contributed by atoms with Gasteiger partial charge in [-0.05, 0) is 36.8 Å². The molecular formula is C27H32F3N5O5. The van der Waals surface area contributed by atoms with Crippen LogP contribution in [0.5, 0.6) is 5.88 Å². The fourth-order valence-corrected chi connectivity index (χ4v) is 4.62. The first-order valence-corrected chi connectivity index (χ1v) is 12.7. The maximum Gasteiger partial charge on any atom is 0.320 e. The van der Waals surface area contributed by atoms with Crippen LogP contribution in [0.1, 0.15) is 17.0 Å². The van der Waals surface area contributed by atoms with Crippen LogP contribution < -0.4 is 15.4 Å². The molecule has 216 valence electrons. The molecule has 0 aliphatic carbocycles. The summed E-state index contributed by atoms with van der Waals surface area (Å²) in [6, 6.07) is 9.71. The van der Waals surface area contributed by atoms with Gasteiger partial charge in [-0.25, -0.2) is 22.6 Å². The summed E-state index contributed by atoms with van der Waals surface area (Å²) in [5, 5.41) is 28.9. The minimum Gasteiger partial charge on any atom is -0.474 e. The van der Waals surface area contributed by atoms with Gasteiger partial charge in [-0.15, -0.1) is 5.10 Å². The number of hydrogen-bond acceptors (Lipinski definition) is 7. The first-order chi connectivity index (χ1) is 19.2. The Morgan fingerprint density at radius 1 is 1.18 bits per heavy atom. The summed E-state index contributed by atoms with van der Waals surface area (Å²) < 4.78 is 53.9. The summed E-state index contributed by atoms with van der Waals surface area (Å²) in [6.07, 6.45) is -1.11. The van der Waals surface area contributed by atoms with Crippen molar-refractivity contribution in [3.05, 3.63) is 71.0 Å². The van der Waals surface area contributed by atoms with Crippen LogP contribution in [0.2, 0.25) is 0 Å². The number of hydrogen-bond donors (Lipinski definition) is 4. The third-order valence-electron chi connectivity index (χ3n) is 6.69. The van der Waals surface area contributed by atoms with Gasteiger partial charge >= 0.3 is 6.03 Å². The topological polar surface area (TPSA) is 121 Å². The van der Waals surface area contributed by atoms with E-state index in [1.54, 1.807) is 38.3 Å². The molecule has 1 aliphatic heterocycles. The Morgan fingerprint density at radius 2 is 1.88 bits per heavy atom. The maximum atomic E-state index is 14.1. The van der Waals surface area contributed by atoms with Gasteiger partial charge in [0, 0.05) is 32.7 Å². The maximum absolute atomic E-state index is 14.1. The van der Waals surface area contributed by atoms with Gasteiger partial charge < -0.3 is 25.0 Å². The normalized spacial score (nSPS) is 18.1. The molecule has 13 heteroatoms. The van der Waals surface area contributed by atoms with Crippen LogP contribution in [0.4, 0.5) is 23.8 Å². The van der Waals surface area contributed by atoms with Crippen molar-refractivity contribution in [2.24, 2.45) is 0 Å². The molecule has 0 saturated carbocycles. The number of carbonyl (C=O) groups is 1. The lowest BCUT2D eigenvalue weighted by Crippen LogP contribution is -2.42. The number of rotatable bonds is 11. The number of nitrogens with one attached hydrogen (secondary N) is 2. The summed E-state index contributed by atoms with van der Waals surface area (Å²) in [7, 11) is 1.56. The molecule has 1 fully saturated rings. The van der Waals surface area contributed by atoms with E-state index in [9.17, 15) is 23.1 Å². The third-order valence-corrected chi connectivity index (χ3v) is 6.69. The van der Waals surface area contributed by atoms with E-state index >= 15 is 0 Å². The van der Waals surface area contributed by atoms with Gasteiger partial charge in [-0.2, -0.15) is 0 Å². The van der Waals surface area contributed by atoms with E-state index in [0.717, 1.165) is 12.1 Å². The van der Waals surface area contributed by atoms with Crippen LogP contribution in [0.25, 0.3) is 5.69 Å². The number of halogens is 3. The molecular weight excluding hydrogens is 531 g/mol. The highest BCUT2D eigenvalue weighted by Crippen LogP contribution is 2.31. The third kappa shape index (κ3) is 6.73. The van der Waals surface area contributed by atoms with Crippen molar-refractivity contribution in [3.63, 3.8) is 0 Å². The highest BCUT2D eigenvalue weighted by molar-refractivity contribution is 5.90. The van der Waals surface area contributed by atoms with Crippen LogP contribution in [0, 0.1) is 24.4 Å². The van der Waals surface area contributed by atoms with Gasteiger partial charge in [-0.1, -0.05) is 18.2 Å². The smallest absolute Gasteiger partial charge is 0.320 e. The number of likely N-dealkylation sites (tertiary alicyclic amines) is 1. The quantitative estimate of drug-likeness (QED) is 0.265. The van der Waals surface area contributed by atoms with E-state index in [0.29, 0.717) is 43.3 Å². The fourth-order valence-electron chi connectivity index (χ4n) is 4.62. The second-order valence-electron chi connectivity index (χ2n) is 9.54. The van der Waals surface area contributed by atoms with Crippen LogP contribution in [0.15, 0.2) is 42.5 Å². The number of methoxy groups -OCH3 is 1. The largest absolute Gasteiger partial charge is 0.474 e. The first-order valence-electron chi connectivity index (χ1n) is 12.7. The Hall–Kier alpha value is -3.65. The summed E-state index contributed by atoms with van der Waals surface area (Å²) in [5.74, 6) is -4.22. The Kier molecular flexibility index (Phi) is 9.63. The standard InChI is InChI=1S/C27H32F3N5O5/c1-16-25(35(18-6-4-3-5-7-18)33-26(16)40-15-19(37)14-36)32-27(38)31-23-13-34(8-9-39-2)12-20(23)17-10-21(28)24(30)22(29)11-17/h3-7,10-11,19-20,23,36-37H,8-9,12-15H2,1-2H3,(H2,31,32,38). The van der Waals surface area contributed by atoms with Crippen LogP contribution in [0.3, 0.4) is 0 Å². The zero-order chi connectivity index (χ0) is 28.8. The van der Waals surface area contributed by atoms with E-state index in [1.807, 2.05) is 11.0 Å². The molecule has 2 amide bonds. The molecule has 10 nitrogen and oxygen atoms in total. The molecule has 1 saturated heterocycles. The second kappa shape index (κ2) is 13.1. The number of aromatic nitrogens is 2. The summed E-state index contributed by atoms with van der Waals surface area (Å²) >= 11 is 0. The number of nitrogens with zero attached hydrogens (tertiary/aromatic N) is 3. The minimum atomic E-state index is -1.55. The van der Waals surface area contributed by atoms with E-state index < -0.39 is 48.2 Å². The number of amides is 2. The average molecular weight is 564 g/mol. The lowest BCUT2D eigenvalue weighted by Gasteiger charge is -2.21. The lowest BCUT2D eigenvalue weighted by atomic mass is 9.94. The molecule has 3 aromatic rings. The Balaban J connectivity index is 1.58. The number of urea groups is 1. The summed E-state index contributed by atoms with van der Waals surface area (Å²) in [5.41, 5.74) is 1.32. The molecule has 0 bridgehead atoms. The molecule has 3 atom stereocenters. The van der Waals surface area contributed by atoms with Crippen molar-refractivity contribution in [1.82, 2.24) is 20.0 Å². The van der Waals surface area contributed by atoms with Crippen molar-refractivity contribution in [2.45, 2.75) is 25.0 Å². The monoisotopic (exact) mass is 563 g/mol. The molecule has 4 N–H and O–H groups in total. The van der Waals surface area contributed by atoms with Gasteiger partial charge in [0.2, 0.25) is 5.88 Å². The molecule has 0 spiro atoms. The van der Waals surface area contributed by atoms with Crippen LogP contribution >= 0.6 is 0 Å². The number of ether oxygens (including phenoxy) is 2. The minimum absolute atomic E-state index is 0.147. The van der Waals surface area contributed by atoms with Gasteiger partial charge in [0.15, 0.2) is 17.5 Å². The second-order valence-corrected chi connectivity index (χ2v) is 9.54. The van der Waals surface area contributed by atoms with Crippen molar-refractivity contribution >= 4 is 11.8 Å². The van der Waals surface area contributed by atoms with Crippen molar-refractivity contribution < 1.29 is 37.7 Å². The molecule has 2 aromatic carbocycles. The molecule has 4 rings (SSSR count). The molecule has 0 radical (unpaired) electrons. The van der Waals surface area contributed by atoms with Gasteiger partial charge in [-0.3, -0.25) is 10.2 Å². The number of benzene rings is 2. The number of para-hydroxylation sites is 1. The van der Waals surface area contributed by atoms with Crippen LogP contribution in [-0.2, 0) is 4.74 Å². The predicted octanol–water partition coefficient (Wildman–Crippen LogP) is 2.57. The lowest BCUT2D eigenvalue weighted by molar-refractivity contribution is 0.0518. The average Bonchev–Trinajstić information content (AvgIpc) is 3.49. The highest BCUT2D eigenvalue weighted by Gasteiger charge is 2.36. The number of aliphatic hydroxyl groups excluding tert-OH is 2. The molecule has 3 unspecified atom stereocenters. The highest BCUT2D eigenvalue weighted by atomic mass is 19.2. The Morgan fingerprint density at radius 3 is 2.52 bits per heavy atom. The van der Waals surface area contributed by atoms with Crippen molar-refractivity contribution in [3.8, 4) is 11.6 Å². The number of aliphatic hydroxyl groups is 2. The van der Waals surface area contributed by atoms with Crippen molar-refractivity contribution in [1.29, 1.82) is 0 Å². The number of carbonyl (C=O) groups excluding carboxylic acids is 1. The van der Waals surface area contributed by atoms with E-state index in [1.165, 1.54) is 4.68 Å². The molecule has 40 heavy (non-hydrogen) atoms. The summed E-state index contributed by atoms with van der Waals surface area (Å²) in [4.78, 5) is 15.3. The van der Waals surface area contributed by atoms with Crippen LogP contribution in [-0.4, -0.2) is 89.6 Å². The first kappa shape index (κ1) is 29.3. The Bertz CT molecular complexity index is 1290. The van der Waals surface area contributed by atoms with E-state index in [4.69, 9.17) is 14.6 Å². The summed E-state index contributed by atoms with van der Waals surface area (Å²) in [6.45, 7) is 2.66. The predicted molar refractivity (Wildman–Crippen MR) is 140 cm³/mol. The van der Waals surface area contributed by atoms with Crippen molar-refractivity contribution in [2.75, 3.05) is 51.9 Å². The van der Waals surface area contributed by atoms with Gasteiger partial charge in [0.1, 0.15) is 18.5 Å². The Labute approximate surface area is 229 Å². The zero-order valence-corrected chi connectivity index (χ0v) is 22.1. The fraction of sp³-hybridized carbons (Fsp3) is 0.407. The molecule has 1 aromatic heterocycles.